The van der Waals surface area contributed by atoms with E-state index in [0.29, 0.717) is 17.2 Å². The molecule has 0 aliphatic carbocycles. The molecule has 37 heavy (non-hydrogen) atoms. The van der Waals surface area contributed by atoms with E-state index in [1.54, 1.807) is 26.4 Å². The summed E-state index contributed by atoms with van der Waals surface area (Å²) in [6.45, 7) is 0.260. The summed E-state index contributed by atoms with van der Waals surface area (Å²) < 4.78 is 12.5. The van der Waals surface area contributed by atoms with E-state index in [2.05, 4.69) is 15.4 Å². The van der Waals surface area contributed by atoms with Crippen LogP contribution in [0.2, 0.25) is 0 Å². The molecule has 2 heterocycles. The predicted molar refractivity (Wildman–Crippen MR) is 142 cm³/mol. The number of H-pyrrole nitrogens is 1. The standard InChI is InChI=1S/C29H26N4O4/c1-36-26-14-8-12-21(28(26)37-2)23(22-17-30-24-13-7-6-11-20(22)24)18-31-29(35)25-15-16-27(34)33(32-25)19-9-4-3-5-10-19/h3-17,23,30H,18H2,1-2H3,(H,31,35). The van der Waals surface area contributed by atoms with Crippen LogP contribution in [0.4, 0.5) is 0 Å². The number of amides is 1. The molecule has 0 spiro atoms. The lowest BCUT2D eigenvalue weighted by atomic mass is 9.89. The second-order valence-electron chi connectivity index (χ2n) is 8.44. The van der Waals surface area contributed by atoms with E-state index in [-0.39, 0.29) is 23.7 Å². The Morgan fingerprint density at radius 2 is 1.70 bits per heavy atom. The van der Waals surface area contributed by atoms with Gasteiger partial charge in [-0.3, -0.25) is 9.59 Å². The molecule has 0 saturated carbocycles. The number of carbonyl (C=O) groups excluding carboxylic acids is 1. The van der Waals surface area contributed by atoms with Crippen molar-refractivity contribution in [1.82, 2.24) is 20.1 Å². The number of hydrogen-bond donors (Lipinski definition) is 2. The summed E-state index contributed by atoms with van der Waals surface area (Å²) >= 11 is 0. The normalized spacial score (nSPS) is 11.7. The highest BCUT2D eigenvalue weighted by Gasteiger charge is 2.25. The van der Waals surface area contributed by atoms with Crippen LogP contribution >= 0.6 is 0 Å². The van der Waals surface area contributed by atoms with Crippen molar-refractivity contribution >= 4 is 16.8 Å². The summed E-state index contributed by atoms with van der Waals surface area (Å²) in [6, 6.07) is 25.5. The maximum atomic E-state index is 13.2. The van der Waals surface area contributed by atoms with Crippen LogP contribution in [0.15, 0.2) is 95.9 Å². The smallest absolute Gasteiger partial charge is 0.271 e. The summed E-state index contributed by atoms with van der Waals surface area (Å²) in [7, 11) is 3.19. The van der Waals surface area contributed by atoms with Crippen LogP contribution in [0.1, 0.15) is 27.5 Å². The predicted octanol–water partition coefficient (Wildman–Crippen LogP) is 4.29. The highest BCUT2D eigenvalue weighted by molar-refractivity contribution is 5.92. The van der Waals surface area contributed by atoms with Crippen LogP contribution in [0.5, 0.6) is 11.5 Å². The number of methoxy groups -OCH3 is 2. The Kier molecular flexibility index (Phi) is 6.72. The first-order valence-corrected chi connectivity index (χ1v) is 11.8. The van der Waals surface area contributed by atoms with Gasteiger partial charge in [0.15, 0.2) is 11.5 Å². The molecule has 0 aliphatic heterocycles. The number of hydrogen-bond acceptors (Lipinski definition) is 5. The first kappa shape index (κ1) is 23.9. The Balaban J connectivity index is 1.50. The van der Waals surface area contributed by atoms with Crippen LogP contribution in [-0.2, 0) is 0 Å². The molecule has 1 amide bonds. The molecule has 0 bridgehead atoms. The topological polar surface area (TPSA) is 98.2 Å². The molecule has 0 aliphatic rings. The highest BCUT2D eigenvalue weighted by Crippen LogP contribution is 2.40. The number of nitrogens with zero attached hydrogens (tertiary/aromatic N) is 2. The number of aromatic amines is 1. The number of fused-ring (bicyclic) bond motifs is 1. The van der Waals surface area contributed by atoms with Crippen LogP contribution in [0.3, 0.4) is 0 Å². The van der Waals surface area contributed by atoms with Crippen LogP contribution in [0.25, 0.3) is 16.6 Å². The van der Waals surface area contributed by atoms with E-state index >= 15 is 0 Å². The molecule has 2 N–H and O–H groups in total. The van der Waals surface area contributed by atoms with Gasteiger partial charge in [-0.15, -0.1) is 0 Å². The molecule has 0 radical (unpaired) electrons. The number of rotatable bonds is 8. The quantitative estimate of drug-likeness (QED) is 0.335. The van der Waals surface area contributed by atoms with Gasteiger partial charge in [-0.05, 0) is 35.9 Å². The fourth-order valence-electron chi connectivity index (χ4n) is 4.53. The van der Waals surface area contributed by atoms with Crippen molar-refractivity contribution in [3.63, 3.8) is 0 Å². The van der Waals surface area contributed by atoms with E-state index in [1.807, 2.05) is 66.9 Å². The third kappa shape index (κ3) is 4.69. The Hall–Kier alpha value is -4.85. The minimum absolute atomic E-state index is 0.138. The molecule has 5 rings (SSSR count). The van der Waals surface area contributed by atoms with Gasteiger partial charge < -0.3 is 19.8 Å². The first-order chi connectivity index (χ1) is 18.1. The lowest BCUT2D eigenvalue weighted by Crippen LogP contribution is -2.32. The van der Waals surface area contributed by atoms with Gasteiger partial charge in [0.1, 0.15) is 5.69 Å². The Morgan fingerprint density at radius 3 is 2.49 bits per heavy atom. The Labute approximate surface area is 213 Å². The molecule has 5 aromatic rings. The van der Waals surface area contributed by atoms with Crippen molar-refractivity contribution in [3.8, 4) is 17.2 Å². The number of ether oxygens (including phenoxy) is 2. The maximum Gasteiger partial charge on any atom is 0.271 e. The van der Waals surface area contributed by atoms with E-state index in [4.69, 9.17) is 9.47 Å². The molecule has 1 atom stereocenters. The molecule has 3 aromatic carbocycles. The first-order valence-electron chi connectivity index (χ1n) is 11.8. The second kappa shape index (κ2) is 10.4. The average Bonchev–Trinajstić information content (AvgIpc) is 3.37. The minimum Gasteiger partial charge on any atom is -0.493 e. The average molecular weight is 495 g/mol. The third-order valence-corrected chi connectivity index (χ3v) is 6.31. The fraction of sp³-hybridized carbons (Fsp3) is 0.138. The largest absolute Gasteiger partial charge is 0.493 e. The van der Waals surface area contributed by atoms with Crippen molar-refractivity contribution < 1.29 is 14.3 Å². The monoisotopic (exact) mass is 494 g/mol. The number of nitrogens with one attached hydrogen (secondary N) is 2. The minimum atomic E-state index is -0.392. The summed E-state index contributed by atoms with van der Waals surface area (Å²) in [4.78, 5) is 28.9. The van der Waals surface area contributed by atoms with Gasteiger partial charge in [0.2, 0.25) is 0 Å². The SMILES string of the molecule is COc1cccc(C(CNC(=O)c2ccc(=O)n(-c3ccccc3)n2)c2c[nH]c3ccccc23)c1OC. The van der Waals surface area contributed by atoms with Crippen molar-refractivity contribution in [1.29, 1.82) is 0 Å². The zero-order valence-electron chi connectivity index (χ0n) is 20.5. The number of para-hydroxylation sites is 3. The van der Waals surface area contributed by atoms with E-state index in [1.165, 1.54) is 16.8 Å². The zero-order valence-corrected chi connectivity index (χ0v) is 20.5. The summed E-state index contributed by atoms with van der Waals surface area (Å²) in [5, 5.41) is 8.36. The van der Waals surface area contributed by atoms with Gasteiger partial charge in [0.25, 0.3) is 11.5 Å². The lowest BCUT2D eigenvalue weighted by molar-refractivity contribution is 0.0945. The highest BCUT2D eigenvalue weighted by atomic mass is 16.5. The molecule has 0 fully saturated rings. The van der Waals surface area contributed by atoms with E-state index < -0.39 is 5.91 Å². The van der Waals surface area contributed by atoms with Gasteiger partial charge in [-0.1, -0.05) is 48.5 Å². The number of benzene rings is 3. The van der Waals surface area contributed by atoms with Crippen LogP contribution < -0.4 is 20.3 Å². The van der Waals surface area contributed by atoms with Gasteiger partial charge in [0.05, 0.1) is 19.9 Å². The molecular weight excluding hydrogens is 468 g/mol. The van der Waals surface area contributed by atoms with E-state index in [9.17, 15) is 9.59 Å². The summed E-state index contributed by atoms with van der Waals surface area (Å²) in [5.41, 5.74) is 3.27. The van der Waals surface area contributed by atoms with Crippen molar-refractivity contribution in [3.05, 3.63) is 118 Å². The second-order valence-corrected chi connectivity index (χ2v) is 8.44. The molecule has 2 aromatic heterocycles. The van der Waals surface area contributed by atoms with Crippen LogP contribution in [0, 0.1) is 0 Å². The fourth-order valence-corrected chi connectivity index (χ4v) is 4.53. The Bertz CT molecular complexity index is 1610. The van der Waals surface area contributed by atoms with Gasteiger partial charge in [-0.2, -0.15) is 9.78 Å². The van der Waals surface area contributed by atoms with Crippen LogP contribution in [-0.4, -0.2) is 41.4 Å². The molecule has 8 nitrogen and oxygen atoms in total. The van der Waals surface area contributed by atoms with Crippen molar-refractivity contribution in [2.24, 2.45) is 0 Å². The number of aromatic nitrogens is 3. The number of carbonyl (C=O) groups is 1. The van der Waals surface area contributed by atoms with E-state index in [0.717, 1.165) is 22.0 Å². The molecule has 8 heteroatoms. The molecule has 0 saturated heterocycles. The van der Waals surface area contributed by atoms with Gasteiger partial charge in [-0.25, -0.2) is 0 Å². The third-order valence-electron chi connectivity index (χ3n) is 6.31. The molecular formula is C29H26N4O4. The summed E-state index contributed by atoms with van der Waals surface area (Å²) in [6.07, 6.45) is 1.95. The molecule has 186 valence electrons. The maximum absolute atomic E-state index is 13.2. The van der Waals surface area contributed by atoms with Crippen molar-refractivity contribution in [2.75, 3.05) is 20.8 Å². The van der Waals surface area contributed by atoms with Gasteiger partial charge in [0, 0.05) is 41.2 Å². The van der Waals surface area contributed by atoms with Gasteiger partial charge >= 0.3 is 0 Å². The van der Waals surface area contributed by atoms with Crippen molar-refractivity contribution in [2.45, 2.75) is 5.92 Å². The lowest BCUT2D eigenvalue weighted by Gasteiger charge is -2.22. The summed E-state index contributed by atoms with van der Waals surface area (Å²) in [5.74, 6) is 0.555. The zero-order chi connectivity index (χ0) is 25.8. The Morgan fingerprint density at radius 1 is 0.919 bits per heavy atom. The molecule has 1 unspecified atom stereocenters.